The van der Waals surface area contributed by atoms with Crippen LogP contribution in [0.2, 0.25) is 0 Å². The van der Waals surface area contributed by atoms with Crippen molar-refractivity contribution in [1.29, 1.82) is 0 Å². The van der Waals surface area contributed by atoms with Gasteiger partial charge in [0, 0.05) is 25.0 Å². The number of aryl methyl sites for hydroxylation is 1. The predicted molar refractivity (Wildman–Crippen MR) is 88.7 cm³/mol. The van der Waals surface area contributed by atoms with Crippen molar-refractivity contribution in [2.45, 2.75) is 13.8 Å². The second-order valence-corrected chi connectivity index (χ2v) is 4.78. The third kappa shape index (κ3) is 2.26. The SMILES string of the molecule is CC=Nc1ccc(-c2ccn3nc(NC)nc(N)c23)nc1C. The molecule has 0 radical (unpaired) electrons. The van der Waals surface area contributed by atoms with E-state index in [0.29, 0.717) is 11.8 Å². The number of fused-ring (bicyclic) bond motifs is 1. The number of nitrogen functional groups attached to an aromatic ring is 1. The van der Waals surface area contributed by atoms with E-state index in [-0.39, 0.29) is 0 Å². The molecule has 0 saturated carbocycles. The number of anilines is 2. The molecule has 0 bridgehead atoms. The van der Waals surface area contributed by atoms with Gasteiger partial charge in [-0.05, 0) is 32.0 Å². The molecule has 0 atom stereocenters. The van der Waals surface area contributed by atoms with Crippen LogP contribution in [0.3, 0.4) is 0 Å². The molecule has 0 aromatic carbocycles. The van der Waals surface area contributed by atoms with Gasteiger partial charge in [0.25, 0.3) is 0 Å². The minimum atomic E-state index is 0.412. The summed E-state index contributed by atoms with van der Waals surface area (Å²) in [6, 6.07) is 5.81. The number of nitrogens with zero attached hydrogens (tertiary/aromatic N) is 5. The van der Waals surface area contributed by atoms with Crippen molar-refractivity contribution >= 4 is 29.2 Å². The van der Waals surface area contributed by atoms with Gasteiger partial charge in [-0.25, -0.2) is 4.52 Å². The van der Waals surface area contributed by atoms with Crippen molar-refractivity contribution in [3.05, 3.63) is 30.1 Å². The van der Waals surface area contributed by atoms with Crippen LogP contribution in [0.1, 0.15) is 12.6 Å². The number of aliphatic imine (C=N–C) groups is 1. The molecule has 112 valence electrons. The Morgan fingerprint density at radius 1 is 1.27 bits per heavy atom. The molecular weight excluding hydrogens is 278 g/mol. The van der Waals surface area contributed by atoms with Crippen molar-refractivity contribution < 1.29 is 0 Å². The zero-order chi connectivity index (χ0) is 15.7. The first-order valence-corrected chi connectivity index (χ1v) is 6.93. The van der Waals surface area contributed by atoms with E-state index in [1.54, 1.807) is 17.8 Å². The van der Waals surface area contributed by atoms with Crippen LogP contribution >= 0.6 is 0 Å². The monoisotopic (exact) mass is 295 g/mol. The highest BCUT2D eigenvalue weighted by atomic mass is 15.3. The third-order valence-electron chi connectivity index (χ3n) is 3.36. The van der Waals surface area contributed by atoms with Gasteiger partial charge in [-0.2, -0.15) is 4.98 Å². The Labute approximate surface area is 127 Å². The van der Waals surface area contributed by atoms with E-state index in [9.17, 15) is 0 Å². The first-order valence-electron chi connectivity index (χ1n) is 6.93. The molecule has 22 heavy (non-hydrogen) atoms. The molecule has 0 spiro atoms. The maximum atomic E-state index is 6.07. The van der Waals surface area contributed by atoms with Crippen molar-refractivity contribution in [3.63, 3.8) is 0 Å². The van der Waals surface area contributed by atoms with E-state index in [0.717, 1.165) is 28.2 Å². The summed E-state index contributed by atoms with van der Waals surface area (Å²) >= 11 is 0. The Bertz CT molecular complexity index is 864. The highest BCUT2D eigenvalue weighted by Gasteiger charge is 2.13. The van der Waals surface area contributed by atoms with Crippen LogP contribution in [0, 0.1) is 6.92 Å². The normalized spacial score (nSPS) is 11.4. The number of nitrogens with one attached hydrogen (secondary N) is 1. The third-order valence-corrected chi connectivity index (χ3v) is 3.36. The highest BCUT2D eigenvalue weighted by molar-refractivity contribution is 5.86. The van der Waals surface area contributed by atoms with Crippen molar-refractivity contribution in [2.75, 3.05) is 18.1 Å². The molecule has 7 heteroatoms. The number of nitrogens with two attached hydrogens (primary N) is 1. The molecule has 3 aromatic heterocycles. The molecule has 0 amide bonds. The average molecular weight is 295 g/mol. The molecule has 3 N–H and O–H groups in total. The van der Waals surface area contributed by atoms with Crippen LogP contribution in [0.25, 0.3) is 16.8 Å². The van der Waals surface area contributed by atoms with Gasteiger partial charge in [0.2, 0.25) is 5.95 Å². The lowest BCUT2D eigenvalue weighted by atomic mass is 10.1. The van der Waals surface area contributed by atoms with Crippen LogP contribution in [0.4, 0.5) is 17.5 Å². The first-order chi connectivity index (χ1) is 10.6. The summed E-state index contributed by atoms with van der Waals surface area (Å²) in [5.74, 6) is 0.887. The van der Waals surface area contributed by atoms with E-state index >= 15 is 0 Å². The largest absolute Gasteiger partial charge is 0.382 e. The Morgan fingerprint density at radius 3 is 2.77 bits per heavy atom. The van der Waals surface area contributed by atoms with E-state index in [1.807, 2.05) is 38.2 Å². The molecule has 3 aromatic rings. The predicted octanol–water partition coefficient (Wildman–Crippen LogP) is 2.45. The molecule has 0 fully saturated rings. The van der Waals surface area contributed by atoms with Gasteiger partial charge in [-0.15, -0.1) is 5.10 Å². The average Bonchev–Trinajstić information content (AvgIpc) is 2.94. The van der Waals surface area contributed by atoms with E-state index in [4.69, 9.17) is 5.73 Å². The molecule has 0 aliphatic heterocycles. The van der Waals surface area contributed by atoms with Gasteiger partial charge in [0.1, 0.15) is 5.52 Å². The zero-order valence-electron chi connectivity index (χ0n) is 12.7. The quantitative estimate of drug-likeness (QED) is 0.724. The van der Waals surface area contributed by atoms with Crippen LogP contribution in [0.5, 0.6) is 0 Å². The number of hydrogen-bond acceptors (Lipinski definition) is 6. The first kappa shape index (κ1) is 14.0. The molecule has 3 heterocycles. The van der Waals surface area contributed by atoms with Crippen molar-refractivity contribution in [2.24, 2.45) is 4.99 Å². The van der Waals surface area contributed by atoms with Crippen molar-refractivity contribution in [1.82, 2.24) is 19.6 Å². The molecule has 0 aliphatic carbocycles. The van der Waals surface area contributed by atoms with E-state index in [2.05, 4.69) is 25.4 Å². The van der Waals surface area contributed by atoms with Gasteiger partial charge in [0.05, 0.1) is 17.1 Å². The molecular formula is C15H17N7. The topological polar surface area (TPSA) is 93.5 Å². The fourth-order valence-electron chi connectivity index (χ4n) is 2.34. The fourth-order valence-corrected chi connectivity index (χ4v) is 2.34. The summed E-state index contributed by atoms with van der Waals surface area (Å²) in [6.07, 6.45) is 3.60. The van der Waals surface area contributed by atoms with Crippen molar-refractivity contribution in [3.8, 4) is 11.3 Å². The Morgan fingerprint density at radius 2 is 2.09 bits per heavy atom. The minimum absolute atomic E-state index is 0.412. The second kappa shape index (κ2) is 5.44. The maximum Gasteiger partial charge on any atom is 0.242 e. The highest BCUT2D eigenvalue weighted by Crippen LogP contribution is 2.29. The van der Waals surface area contributed by atoms with Crippen LogP contribution in [-0.4, -0.2) is 32.8 Å². The van der Waals surface area contributed by atoms with Crippen LogP contribution in [-0.2, 0) is 0 Å². The van der Waals surface area contributed by atoms with Crippen LogP contribution in [0.15, 0.2) is 29.4 Å². The zero-order valence-corrected chi connectivity index (χ0v) is 12.7. The summed E-state index contributed by atoms with van der Waals surface area (Å²) in [7, 11) is 1.75. The lowest BCUT2D eigenvalue weighted by molar-refractivity contribution is 0.913. The summed E-state index contributed by atoms with van der Waals surface area (Å²) < 4.78 is 1.71. The number of rotatable bonds is 3. The lowest BCUT2D eigenvalue weighted by Gasteiger charge is -2.06. The molecule has 0 saturated heterocycles. The van der Waals surface area contributed by atoms with Crippen LogP contribution < -0.4 is 11.1 Å². The van der Waals surface area contributed by atoms with E-state index in [1.165, 1.54) is 0 Å². The molecule has 3 rings (SSSR count). The second-order valence-electron chi connectivity index (χ2n) is 4.78. The number of aromatic nitrogens is 4. The molecule has 7 nitrogen and oxygen atoms in total. The lowest BCUT2D eigenvalue weighted by Crippen LogP contribution is -2.05. The summed E-state index contributed by atoms with van der Waals surface area (Å²) in [5, 5.41) is 7.22. The number of hydrogen-bond donors (Lipinski definition) is 2. The van der Waals surface area contributed by atoms with Gasteiger partial charge >= 0.3 is 0 Å². The Hall–Kier alpha value is -2.96. The smallest absolute Gasteiger partial charge is 0.242 e. The summed E-state index contributed by atoms with van der Waals surface area (Å²) in [5.41, 5.74) is 10.3. The van der Waals surface area contributed by atoms with E-state index < -0.39 is 0 Å². The number of pyridine rings is 1. The molecule has 0 aliphatic rings. The Balaban J connectivity index is 2.16. The Kier molecular flexibility index (Phi) is 3.46. The van der Waals surface area contributed by atoms with Gasteiger partial charge in [0.15, 0.2) is 5.82 Å². The van der Waals surface area contributed by atoms with Gasteiger partial charge in [-0.3, -0.25) is 9.98 Å². The molecule has 0 unspecified atom stereocenters. The summed E-state index contributed by atoms with van der Waals surface area (Å²) in [4.78, 5) is 13.1. The fraction of sp³-hybridized carbons (Fsp3) is 0.200. The standard InChI is InChI=1S/C15H17N7/c1-4-18-11-5-6-12(19-9(11)2)10-7-8-22-13(10)14(16)20-15(17-3)21-22/h4-8H,1-3H3,(H3,16,17,20,21). The minimum Gasteiger partial charge on any atom is -0.382 e. The van der Waals surface area contributed by atoms with Gasteiger partial charge < -0.3 is 11.1 Å². The maximum absolute atomic E-state index is 6.07. The van der Waals surface area contributed by atoms with Gasteiger partial charge in [-0.1, -0.05) is 0 Å². The summed E-state index contributed by atoms with van der Waals surface area (Å²) in [6.45, 7) is 3.81.